The van der Waals surface area contributed by atoms with Crippen molar-refractivity contribution in [3.05, 3.63) is 92.9 Å². The van der Waals surface area contributed by atoms with E-state index < -0.39 is 0 Å². The van der Waals surface area contributed by atoms with E-state index in [2.05, 4.69) is 22.0 Å². The number of fused-ring (bicyclic) bond motifs is 1. The third-order valence-electron chi connectivity index (χ3n) is 5.55. The van der Waals surface area contributed by atoms with Crippen molar-refractivity contribution in [1.82, 2.24) is 19.6 Å². The number of unbranched alkanes of at least 4 members (excludes halogenated alkanes) is 1. The lowest BCUT2D eigenvalue weighted by Gasteiger charge is -2.20. The van der Waals surface area contributed by atoms with Crippen LogP contribution in [0.15, 0.2) is 59.4 Å². The smallest absolute Gasteiger partial charge is 0.272 e. The Labute approximate surface area is 186 Å². The largest absolute Gasteiger partial charge is 0.277 e. The fourth-order valence-electron chi connectivity index (χ4n) is 3.67. The van der Waals surface area contributed by atoms with Gasteiger partial charge in [0.25, 0.3) is 17.2 Å². The minimum absolute atomic E-state index is 0.165. The average molecular weight is 430 g/mol. The van der Waals surface area contributed by atoms with Crippen LogP contribution in [0.1, 0.15) is 52.5 Å². The van der Waals surface area contributed by atoms with Gasteiger partial charge in [-0.1, -0.05) is 61.4 Å². The molecular formula is C25H27N5O2. The van der Waals surface area contributed by atoms with Gasteiger partial charge in [0, 0.05) is 11.1 Å². The first-order valence-electron chi connectivity index (χ1n) is 10.9. The number of nitrogens with zero attached hydrogens (tertiary/aromatic N) is 4. The Morgan fingerprint density at radius 2 is 1.75 bits per heavy atom. The van der Waals surface area contributed by atoms with Crippen LogP contribution in [0.4, 0.5) is 5.95 Å². The molecule has 1 amide bonds. The molecule has 4 rings (SSSR count). The molecule has 7 nitrogen and oxygen atoms in total. The van der Waals surface area contributed by atoms with Gasteiger partial charge < -0.3 is 0 Å². The van der Waals surface area contributed by atoms with Crippen molar-refractivity contribution in [3.8, 4) is 0 Å². The highest BCUT2D eigenvalue weighted by Crippen LogP contribution is 2.18. The zero-order valence-electron chi connectivity index (χ0n) is 18.6. The molecule has 2 heterocycles. The molecule has 0 saturated carbocycles. The molecular weight excluding hydrogens is 402 g/mol. The van der Waals surface area contributed by atoms with Crippen LogP contribution >= 0.6 is 0 Å². The van der Waals surface area contributed by atoms with Gasteiger partial charge in [-0.2, -0.15) is 9.50 Å². The lowest BCUT2D eigenvalue weighted by Crippen LogP contribution is -2.31. The van der Waals surface area contributed by atoms with Gasteiger partial charge in [0.15, 0.2) is 0 Å². The van der Waals surface area contributed by atoms with E-state index in [-0.39, 0.29) is 23.2 Å². The Morgan fingerprint density at radius 1 is 1.03 bits per heavy atom. The van der Waals surface area contributed by atoms with Gasteiger partial charge in [-0.15, -0.1) is 0 Å². The van der Waals surface area contributed by atoms with Crippen molar-refractivity contribution in [3.63, 3.8) is 0 Å². The Kier molecular flexibility index (Phi) is 6.16. The number of H-pyrrole nitrogens is 1. The summed E-state index contributed by atoms with van der Waals surface area (Å²) in [5, 5.41) is 3.03. The zero-order valence-corrected chi connectivity index (χ0v) is 18.6. The Bertz CT molecular complexity index is 1290. The molecule has 164 valence electrons. The predicted molar refractivity (Wildman–Crippen MR) is 125 cm³/mol. The van der Waals surface area contributed by atoms with Crippen LogP contribution in [0.25, 0.3) is 5.78 Å². The van der Waals surface area contributed by atoms with E-state index in [1.807, 2.05) is 56.3 Å². The number of benzene rings is 2. The van der Waals surface area contributed by atoms with Gasteiger partial charge in [-0.3, -0.25) is 19.6 Å². The molecule has 0 aliphatic carbocycles. The molecule has 0 atom stereocenters. The van der Waals surface area contributed by atoms with Crippen LogP contribution in [0.2, 0.25) is 0 Å². The number of hydrogen-bond acceptors (Lipinski definition) is 4. The van der Waals surface area contributed by atoms with E-state index in [0.717, 1.165) is 24.0 Å². The molecule has 0 aliphatic heterocycles. The maximum absolute atomic E-state index is 13.5. The Morgan fingerprint density at radius 3 is 2.44 bits per heavy atom. The lowest BCUT2D eigenvalue weighted by molar-refractivity contribution is 0.0983. The summed E-state index contributed by atoms with van der Waals surface area (Å²) in [7, 11) is 0. The molecule has 7 heteroatoms. The number of carbonyl (C=O) groups excluding carboxylic acids is 1. The highest BCUT2D eigenvalue weighted by atomic mass is 16.2. The number of aromatic nitrogens is 4. The molecule has 2 aromatic carbocycles. The number of carbonyl (C=O) groups is 1. The molecule has 0 unspecified atom stereocenters. The van der Waals surface area contributed by atoms with E-state index in [1.54, 1.807) is 17.0 Å². The summed E-state index contributed by atoms with van der Waals surface area (Å²) >= 11 is 0. The third-order valence-corrected chi connectivity index (χ3v) is 5.55. The molecule has 0 radical (unpaired) electrons. The number of rotatable bonds is 7. The van der Waals surface area contributed by atoms with Crippen LogP contribution in [0.3, 0.4) is 0 Å². The quantitative estimate of drug-likeness (QED) is 0.477. The van der Waals surface area contributed by atoms with Crippen LogP contribution in [0.5, 0.6) is 0 Å². The van der Waals surface area contributed by atoms with Crippen LogP contribution in [-0.4, -0.2) is 25.5 Å². The second-order valence-corrected chi connectivity index (χ2v) is 8.01. The van der Waals surface area contributed by atoms with Crippen molar-refractivity contribution in [2.75, 3.05) is 4.90 Å². The van der Waals surface area contributed by atoms with E-state index in [0.29, 0.717) is 29.8 Å². The van der Waals surface area contributed by atoms with Gasteiger partial charge in [0.1, 0.15) is 0 Å². The molecule has 0 aliphatic rings. The first-order chi connectivity index (χ1) is 15.5. The topological polar surface area (TPSA) is 83.4 Å². The van der Waals surface area contributed by atoms with E-state index >= 15 is 0 Å². The summed E-state index contributed by atoms with van der Waals surface area (Å²) in [5.41, 5.74) is 3.77. The molecule has 0 saturated heterocycles. The van der Waals surface area contributed by atoms with Gasteiger partial charge in [0.05, 0.1) is 12.2 Å². The number of hydrogen-bond donors (Lipinski definition) is 1. The van der Waals surface area contributed by atoms with Crippen molar-refractivity contribution in [2.45, 2.75) is 46.6 Å². The SMILES string of the molecule is CCCCc1c(C)nc2nc(N(Cc3ccccc3)C(=O)c3ccc(C)cc3)[nH]n2c1=O. The molecule has 0 spiro atoms. The standard InChI is InChI=1S/C25H27N5O2/c1-4-5-11-21-18(3)26-24-27-25(28-30(24)23(21)32)29(16-19-9-7-6-8-10-19)22(31)20-14-12-17(2)13-15-20/h6-10,12-15H,4-5,11,16H2,1-3H3,(H,26,27,28). The van der Waals surface area contributed by atoms with Crippen molar-refractivity contribution in [1.29, 1.82) is 0 Å². The first-order valence-corrected chi connectivity index (χ1v) is 10.9. The molecule has 32 heavy (non-hydrogen) atoms. The van der Waals surface area contributed by atoms with E-state index in [9.17, 15) is 9.59 Å². The van der Waals surface area contributed by atoms with Crippen molar-refractivity contribution < 1.29 is 4.79 Å². The Hall–Kier alpha value is -3.74. The fourth-order valence-corrected chi connectivity index (χ4v) is 3.67. The summed E-state index contributed by atoms with van der Waals surface area (Å²) in [6, 6.07) is 17.1. The van der Waals surface area contributed by atoms with Gasteiger partial charge in [0.2, 0.25) is 5.95 Å². The summed E-state index contributed by atoms with van der Waals surface area (Å²) in [4.78, 5) is 37.1. The predicted octanol–water partition coefficient (Wildman–Crippen LogP) is 4.22. The van der Waals surface area contributed by atoms with E-state index in [1.165, 1.54) is 4.52 Å². The highest BCUT2D eigenvalue weighted by molar-refractivity contribution is 6.05. The molecule has 1 N–H and O–H groups in total. The zero-order chi connectivity index (χ0) is 22.7. The number of nitrogens with one attached hydrogen (secondary N) is 1. The monoisotopic (exact) mass is 429 g/mol. The number of aromatic amines is 1. The number of anilines is 1. The molecule has 4 aromatic rings. The number of aryl methyl sites for hydroxylation is 2. The molecule has 0 bridgehead atoms. The minimum Gasteiger partial charge on any atom is -0.272 e. The molecule has 2 aromatic heterocycles. The van der Waals surface area contributed by atoms with Gasteiger partial charge in [-0.25, -0.2) is 4.98 Å². The van der Waals surface area contributed by atoms with Gasteiger partial charge >= 0.3 is 0 Å². The van der Waals surface area contributed by atoms with Crippen LogP contribution < -0.4 is 10.5 Å². The minimum atomic E-state index is -0.205. The second kappa shape index (κ2) is 9.18. The highest BCUT2D eigenvalue weighted by Gasteiger charge is 2.23. The summed E-state index contributed by atoms with van der Waals surface area (Å²) < 4.78 is 1.34. The fraction of sp³-hybridized carbons (Fsp3) is 0.280. The maximum Gasteiger partial charge on any atom is 0.277 e. The van der Waals surface area contributed by atoms with Crippen molar-refractivity contribution >= 4 is 17.6 Å². The summed E-state index contributed by atoms with van der Waals surface area (Å²) in [6.45, 7) is 6.21. The Balaban J connectivity index is 1.79. The van der Waals surface area contributed by atoms with Crippen molar-refractivity contribution in [2.24, 2.45) is 0 Å². The number of amides is 1. The summed E-state index contributed by atoms with van der Waals surface area (Å²) in [6.07, 6.45) is 2.57. The first kappa shape index (κ1) is 21.5. The second-order valence-electron chi connectivity index (χ2n) is 8.01. The molecule has 0 fully saturated rings. The third kappa shape index (κ3) is 4.32. The average Bonchev–Trinajstić information content (AvgIpc) is 3.22. The maximum atomic E-state index is 13.5. The summed E-state index contributed by atoms with van der Waals surface area (Å²) in [5.74, 6) is 0.345. The van der Waals surface area contributed by atoms with E-state index in [4.69, 9.17) is 0 Å². The normalized spacial score (nSPS) is 11.1. The lowest BCUT2D eigenvalue weighted by atomic mass is 10.1. The van der Waals surface area contributed by atoms with Crippen LogP contribution in [-0.2, 0) is 13.0 Å². The van der Waals surface area contributed by atoms with Crippen LogP contribution in [0, 0.1) is 13.8 Å². The van der Waals surface area contributed by atoms with Gasteiger partial charge in [-0.05, 0) is 44.4 Å².